The van der Waals surface area contributed by atoms with E-state index in [2.05, 4.69) is 5.32 Å². The van der Waals surface area contributed by atoms with Gasteiger partial charge in [0.05, 0.1) is 16.7 Å². The van der Waals surface area contributed by atoms with Crippen LogP contribution in [0.4, 0.5) is 5.69 Å². The summed E-state index contributed by atoms with van der Waals surface area (Å²) in [5.41, 5.74) is 2.08. The van der Waals surface area contributed by atoms with Gasteiger partial charge in [-0.2, -0.15) is 5.26 Å². The van der Waals surface area contributed by atoms with Gasteiger partial charge in [0.1, 0.15) is 0 Å². The van der Waals surface area contributed by atoms with Gasteiger partial charge in [0.25, 0.3) is 5.69 Å². The van der Waals surface area contributed by atoms with Crippen LogP contribution in [0, 0.1) is 21.4 Å². The molecule has 0 aliphatic carbocycles. The van der Waals surface area contributed by atoms with Crippen molar-refractivity contribution in [2.45, 2.75) is 6.54 Å². The van der Waals surface area contributed by atoms with E-state index in [1.165, 1.54) is 18.2 Å². The zero-order valence-electron chi connectivity index (χ0n) is 11.5. The smallest absolute Gasteiger partial charge is 0.270 e. The number of hydrogen-bond donors (Lipinski definition) is 1. The van der Waals surface area contributed by atoms with E-state index >= 15 is 0 Å². The lowest BCUT2D eigenvalue weighted by Gasteiger charge is -2.10. The Morgan fingerprint density at radius 1 is 1.32 bits per heavy atom. The minimum absolute atomic E-state index is 0.0189. The molecular formula is C16H12ClN3O2. The first-order valence-electron chi connectivity index (χ1n) is 6.43. The molecule has 0 bridgehead atoms. The van der Waals surface area contributed by atoms with Gasteiger partial charge in [0.2, 0.25) is 0 Å². The summed E-state index contributed by atoms with van der Waals surface area (Å²) in [6.07, 6.45) is 1.33. The minimum Gasteiger partial charge on any atom is -0.380 e. The van der Waals surface area contributed by atoms with Crippen LogP contribution in [0.2, 0.25) is 5.02 Å². The molecule has 0 heterocycles. The van der Waals surface area contributed by atoms with Gasteiger partial charge in [-0.25, -0.2) is 0 Å². The third kappa shape index (κ3) is 4.08. The first kappa shape index (κ1) is 15.5. The highest BCUT2D eigenvalue weighted by Crippen LogP contribution is 2.19. The molecule has 0 aliphatic heterocycles. The summed E-state index contributed by atoms with van der Waals surface area (Å²) in [5, 5.41) is 23.5. The predicted molar refractivity (Wildman–Crippen MR) is 85.0 cm³/mol. The molecule has 6 heteroatoms. The molecule has 0 atom stereocenters. The van der Waals surface area contributed by atoms with Crippen LogP contribution in [-0.4, -0.2) is 4.92 Å². The Morgan fingerprint density at radius 3 is 2.68 bits per heavy atom. The van der Waals surface area contributed by atoms with E-state index in [4.69, 9.17) is 16.9 Å². The zero-order valence-corrected chi connectivity index (χ0v) is 12.2. The molecule has 5 nitrogen and oxygen atoms in total. The summed E-state index contributed by atoms with van der Waals surface area (Å²) in [6.45, 7) is 0.480. The van der Waals surface area contributed by atoms with Gasteiger partial charge in [-0.15, -0.1) is 0 Å². The average molecular weight is 314 g/mol. The van der Waals surface area contributed by atoms with E-state index in [-0.39, 0.29) is 5.69 Å². The van der Waals surface area contributed by atoms with Crippen molar-refractivity contribution in [2.24, 2.45) is 0 Å². The molecule has 0 radical (unpaired) electrons. The molecule has 0 fully saturated rings. The quantitative estimate of drug-likeness (QED) is 0.516. The van der Waals surface area contributed by atoms with Crippen molar-refractivity contribution >= 4 is 23.0 Å². The standard InChI is InChI=1S/C16H12ClN3O2/c17-14-6-4-12(5-7-14)11-19-16(8-9-18)13-2-1-3-15(10-13)20(21)22/h1-8,10,19H,11H2/b16-8+. The summed E-state index contributed by atoms with van der Waals surface area (Å²) >= 11 is 5.83. The lowest BCUT2D eigenvalue weighted by Crippen LogP contribution is -2.12. The van der Waals surface area contributed by atoms with Crippen LogP contribution in [0.5, 0.6) is 0 Å². The van der Waals surface area contributed by atoms with Gasteiger partial charge in [0.15, 0.2) is 0 Å². The highest BCUT2D eigenvalue weighted by Gasteiger charge is 2.09. The maximum Gasteiger partial charge on any atom is 0.270 e. The second-order valence-electron chi connectivity index (χ2n) is 4.47. The molecule has 110 valence electrons. The number of allylic oxidation sites excluding steroid dienone is 1. The molecule has 0 amide bonds. The maximum atomic E-state index is 10.8. The van der Waals surface area contributed by atoms with Crippen molar-refractivity contribution in [1.82, 2.24) is 5.32 Å². The highest BCUT2D eigenvalue weighted by molar-refractivity contribution is 6.30. The Bertz CT molecular complexity index is 749. The van der Waals surface area contributed by atoms with Crippen LogP contribution < -0.4 is 5.32 Å². The van der Waals surface area contributed by atoms with Gasteiger partial charge >= 0.3 is 0 Å². The minimum atomic E-state index is -0.466. The molecule has 0 aliphatic rings. The molecule has 2 aromatic carbocycles. The predicted octanol–water partition coefficient (Wildman–Crippen LogP) is 3.90. The number of nitriles is 1. The number of nitro benzene ring substituents is 1. The van der Waals surface area contributed by atoms with Crippen molar-refractivity contribution in [3.8, 4) is 6.07 Å². The number of nitro groups is 1. The number of hydrogen-bond acceptors (Lipinski definition) is 4. The van der Waals surface area contributed by atoms with Crippen LogP contribution in [0.3, 0.4) is 0 Å². The first-order valence-corrected chi connectivity index (χ1v) is 6.81. The van der Waals surface area contributed by atoms with Crippen LogP contribution in [0.15, 0.2) is 54.6 Å². The van der Waals surface area contributed by atoms with Crippen molar-refractivity contribution in [2.75, 3.05) is 0 Å². The molecule has 0 aromatic heterocycles. The number of halogens is 1. The van der Waals surface area contributed by atoms with Gasteiger partial charge in [-0.3, -0.25) is 10.1 Å². The Hall–Kier alpha value is -2.84. The topological polar surface area (TPSA) is 79.0 Å². The van der Waals surface area contributed by atoms with Crippen molar-refractivity contribution < 1.29 is 4.92 Å². The summed E-state index contributed by atoms with van der Waals surface area (Å²) < 4.78 is 0. The number of rotatable bonds is 5. The van der Waals surface area contributed by atoms with E-state index in [1.54, 1.807) is 24.3 Å². The molecule has 0 unspecified atom stereocenters. The SMILES string of the molecule is N#C/C=C(/NCc1ccc(Cl)cc1)c1cccc([N+](=O)[O-])c1. The van der Waals surface area contributed by atoms with Crippen LogP contribution in [0.1, 0.15) is 11.1 Å². The summed E-state index contributed by atoms with van der Waals surface area (Å²) in [4.78, 5) is 10.4. The van der Waals surface area contributed by atoms with Crippen LogP contribution in [-0.2, 0) is 6.54 Å². The molecule has 0 saturated heterocycles. The second kappa shape index (κ2) is 7.25. The summed E-state index contributed by atoms with van der Waals surface area (Å²) in [6, 6.07) is 15.4. The molecule has 0 saturated carbocycles. The van der Waals surface area contributed by atoms with Crippen molar-refractivity contribution in [1.29, 1.82) is 5.26 Å². The molecule has 1 N–H and O–H groups in total. The summed E-state index contributed by atoms with van der Waals surface area (Å²) in [7, 11) is 0. The Balaban J connectivity index is 2.19. The fourth-order valence-corrected chi connectivity index (χ4v) is 2.01. The van der Waals surface area contributed by atoms with Crippen molar-refractivity contribution in [3.05, 3.63) is 80.9 Å². The van der Waals surface area contributed by atoms with Gasteiger partial charge in [0, 0.05) is 35.3 Å². The van der Waals surface area contributed by atoms with Gasteiger partial charge in [-0.1, -0.05) is 35.9 Å². The highest BCUT2D eigenvalue weighted by atomic mass is 35.5. The van der Waals surface area contributed by atoms with E-state index in [0.717, 1.165) is 5.56 Å². The first-order chi connectivity index (χ1) is 10.6. The molecule has 0 spiro atoms. The number of nitrogens with zero attached hydrogens (tertiary/aromatic N) is 2. The Kier molecular flexibility index (Phi) is 5.12. The van der Waals surface area contributed by atoms with E-state index < -0.39 is 4.92 Å². The number of non-ortho nitro benzene ring substituents is 1. The van der Waals surface area contributed by atoms with Crippen molar-refractivity contribution in [3.63, 3.8) is 0 Å². The van der Waals surface area contributed by atoms with Gasteiger partial charge in [-0.05, 0) is 17.7 Å². The number of benzene rings is 2. The Labute approximate surface area is 132 Å². The lowest BCUT2D eigenvalue weighted by atomic mass is 10.1. The van der Waals surface area contributed by atoms with E-state index in [0.29, 0.717) is 22.8 Å². The normalized spacial score (nSPS) is 10.8. The van der Waals surface area contributed by atoms with Crippen LogP contribution in [0.25, 0.3) is 5.70 Å². The fraction of sp³-hybridized carbons (Fsp3) is 0.0625. The van der Waals surface area contributed by atoms with Gasteiger partial charge < -0.3 is 5.32 Å². The Morgan fingerprint density at radius 2 is 2.05 bits per heavy atom. The monoisotopic (exact) mass is 313 g/mol. The zero-order chi connectivity index (χ0) is 15.9. The van der Waals surface area contributed by atoms with E-state index in [9.17, 15) is 10.1 Å². The third-order valence-electron chi connectivity index (χ3n) is 2.97. The van der Waals surface area contributed by atoms with Crippen LogP contribution >= 0.6 is 11.6 Å². The molecular weight excluding hydrogens is 302 g/mol. The second-order valence-corrected chi connectivity index (χ2v) is 4.91. The fourth-order valence-electron chi connectivity index (χ4n) is 1.89. The lowest BCUT2D eigenvalue weighted by molar-refractivity contribution is -0.384. The van der Waals surface area contributed by atoms with E-state index in [1.807, 2.05) is 18.2 Å². The average Bonchev–Trinajstić information content (AvgIpc) is 2.53. The molecule has 2 aromatic rings. The molecule has 2 rings (SSSR count). The number of nitrogens with one attached hydrogen (secondary N) is 1. The largest absolute Gasteiger partial charge is 0.380 e. The maximum absolute atomic E-state index is 10.8. The third-order valence-corrected chi connectivity index (χ3v) is 3.23. The molecule has 22 heavy (non-hydrogen) atoms. The summed E-state index contributed by atoms with van der Waals surface area (Å²) in [5.74, 6) is 0.